The van der Waals surface area contributed by atoms with Gasteiger partial charge in [0.25, 0.3) is 11.6 Å². The van der Waals surface area contributed by atoms with Crippen LogP contribution in [0.15, 0.2) is 10.6 Å². The van der Waals surface area contributed by atoms with Crippen molar-refractivity contribution in [3.8, 4) is 0 Å². The van der Waals surface area contributed by atoms with Gasteiger partial charge in [0.15, 0.2) is 0 Å². The topological polar surface area (TPSA) is 94.0 Å². The van der Waals surface area contributed by atoms with Gasteiger partial charge in [0.05, 0.1) is 16.6 Å². The first-order valence-corrected chi connectivity index (χ1v) is 8.25. The van der Waals surface area contributed by atoms with E-state index in [1.165, 1.54) is 0 Å². The number of unbranched alkanes of at least 4 members (excludes halogenated alkanes) is 1. The minimum Gasteiger partial charge on any atom is -0.348 e. The standard InChI is InChI=1S/C17H26N4O2/c1-5-6-7-12(9-18)19-16(22)13-8-14(10(2)3)20-17-15(13)11(4)21-23-17/h8,10,12H,5-7,9,18H2,1-4H3,(H,19,22). The van der Waals surface area contributed by atoms with E-state index < -0.39 is 0 Å². The number of carbonyl (C=O) groups excluding carboxylic acids is 1. The summed E-state index contributed by atoms with van der Waals surface area (Å²) >= 11 is 0. The van der Waals surface area contributed by atoms with E-state index in [-0.39, 0.29) is 17.9 Å². The predicted molar refractivity (Wildman–Crippen MR) is 90.5 cm³/mol. The molecule has 3 N–H and O–H groups in total. The second kappa shape index (κ2) is 7.55. The molecule has 0 bridgehead atoms. The summed E-state index contributed by atoms with van der Waals surface area (Å²) in [5, 5.41) is 7.66. The lowest BCUT2D eigenvalue weighted by Gasteiger charge is -2.17. The summed E-state index contributed by atoms with van der Waals surface area (Å²) in [5.74, 6) is 0.0545. The van der Waals surface area contributed by atoms with Crippen molar-refractivity contribution in [2.75, 3.05) is 6.54 Å². The summed E-state index contributed by atoms with van der Waals surface area (Å²) in [4.78, 5) is 17.2. The van der Waals surface area contributed by atoms with Crippen LogP contribution in [0.3, 0.4) is 0 Å². The van der Waals surface area contributed by atoms with Crippen LogP contribution >= 0.6 is 0 Å². The third kappa shape index (κ3) is 3.88. The van der Waals surface area contributed by atoms with Crippen LogP contribution in [0.1, 0.15) is 67.7 Å². The predicted octanol–water partition coefficient (Wildman–Crippen LogP) is 2.90. The third-order valence-electron chi connectivity index (χ3n) is 4.00. The first-order valence-electron chi connectivity index (χ1n) is 8.25. The first kappa shape index (κ1) is 17.4. The molecule has 0 fully saturated rings. The molecular weight excluding hydrogens is 292 g/mol. The molecule has 23 heavy (non-hydrogen) atoms. The zero-order chi connectivity index (χ0) is 17.0. The highest BCUT2D eigenvalue weighted by Gasteiger charge is 2.21. The summed E-state index contributed by atoms with van der Waals surface area (Å²) in [7, 11) is 0. The van der Waals surface area contributed by atoms with Crippen LogP contribution in [-0.4, -0.2) is 28.6 Å². The number of nitrogens with two attached hydrogens (primary N) is 1. The summed E-state index contributed by atoms with van der Waals surface area (Å²) in [5.41, 5.74) is 8.25. The molecule has 0 saturated carbocycles. The maximum atomic E-state index is 12.8. The van der Waals surface area contributed by atoms with Crippen LogP contribution in [0, 0.1) is 6.92 Å². The molecule has 0 spiro atoms. The van der Waals surface area contributed by atoms with E-state index in [1.54, 1.807) is 0 Å². The zero-order valence-electron chi connectivity index (χ0n) is 14.3. The quantitative estimate of drug-likeness (QED) is 0.818. The molecule has 6 heteroatoms. The van der Waals surface area contributed by atoms with Crippen molar-refractivity contribution in [1.29, 1.82) is 0 Å². The SMILES string of the molecule is CCCCC(CN)NC(=O)c1cc(C(C)C)nc2onc(C)c12. The molecule has 0 aromatic carbocycles. The zero-order valence-corrected chi connectivity index (χ0v) is 14.3. The number of aryl methyl sites for hydroxylation is 1. The molecule has 2 rings (SSSR count). The lowest BCUT2D eigenvalue weighted by atomic mass is 10.0. The van der Waals surface area contributed by atoms with Crippen molar-refractivity contribution in [3.05, 3.63) is 23.0 Å². The molecule has 126 valence electrons. The molecule has 2 aromatic heterocycles. The fraction of sp³-hybridized carbons (Fsp3) is 0.588. The highest BCUT2D eigenvalue weighted by molar-refractivity contribution is 6.06. The Kier molecular flexibility index (Phi) is 5.71. The number of hydrogen-bond acceptors (Lipinski definition) is 5. The number of hydrogen-bond donors (Lipinski definition) is 2. The molecule has 0 aliphatic carbocycles. The summed E-state index contributed by atoms with van der Waals surface area (Å²) < 4.78 is 5.26. The van der Waals surface area contributed by atoms with Gasteiger partial charge in [-0.3, -0.25) is 4.79 Å². The maximum absolute atomic E-state index is 12.8. The van der Waals surface area contributed by atoms with Crippen LogP contribution in [0.2, 0.25) is 0 Å². The van der Waals surface area contributed by atoms with E-state index in [4.69, 9.17) is 10.3 Å². The Labute approximate surface area is 136 Å². The fourth-order valence-corrected chi connectivity index (χ4v) is 2.55. The van der Waals surface area contributed by atoms with Crippen molar-refractivity contribution < 1.29 is 9.32 Å². The molecule has 0 aliphatic rings. The van der Waals surface area contributed by atoms with Crippen molar-refractivity contribution in [2.45, 2.75) is 58.9 Å². The van der Waals surface area contributed by atoms with Crippen molar-refractivity contribution in [1.82, 2.24) is 15.5 Å². The Hall–Kier alpha value is -1.95. The van der Waals surface area contributed by atoms with Gasteiger partial charge >= 0.3 is 0 Å². The monoisotopic (exact) mass is 318 g/mol. The Bertz CT molecular complexity index is 679. The fourth-order valence-electron chi connectivity index (χ4n) is 2.55. The van der Waals surface area contributed by atoms with Gasteiger partial charge in [0.2, 0.25) is 0 Å². The number of pyridine rings is 1. The Morgan fingerprint density at radius 3 is 2.78 bits per heavy atom. The van der Waals surface area contributed by atoms with Crippen molar-refractivity contribution in [3.63, 3.8) is 0 Å². The summed E-state index contributed by atoms with van der Waals surface area (Å²) in [6.07, 6.45) is 3.00. The van der Waals surface area contributed by atoms with Crippen LogP contribution in [0.4, 0.5) is 0 Å². The van der Waals surface area contributed by atoms with Crippen LogP contribution in [0.25, 0.3) is 11.1 Å². The normalized spacial score (nSPS) is 12.8. The largest absolute Gasteiger partial charge is 0.348 e. The highest BCUT2D eigenvalue weighted by atomic mass is 16.5. The van der Waals surface area contributed by atoms with Crippen LogP contribution in [0.5, 0.6) is 0 Å². The molecule has 0 aliphatic heterocycles. The Morgan fingerprint density at radius 1 is 1.43 bits per heavy atom. The van der Waals surface area contributed by atoms with Crippen molar-refractivity contribution >= 4 is 17.0 Å². The number of nitrogens with zero attached hydrogens (tertiary/aromatic N) is 2. The minimum absolute atomic E-state index is 0.0201. The number of aromatic nitrogens is 2. The van der Waals surface area contributed by atoms with Gasteiger partial charge in [-0.2, -0.15) is 0 Å². The molecule has 1 unspecified atom stereocenters. The summed E-state index contributed by atoms with van der Waals surface area (Å²) in [6, 6.07) is 1.81. The smallest absolute Gasteiger partial charge is 0.259 e. The van der Waals surface area contributed by atoms with Gasteiger partial charge in [-0.25, -0.2) is 4.98 Å². The van der Waals surface area contributed by atoms with E-state index in [1.807, 2.05) is 26.8 Å². The lowest BCUT2D eigenvalue weighted by Crippen LogP contribution is -2.40. The van der Waals surface area contributed by atoms with Gasteiger partial charge in [-0.05, 0) is 25.3 Å². The maximum Gasteiger partial charge on any atom is 0.259 e. The lowest BCUT2D eigenvalue weighted by molar-refractivity contribution is 0.0937. The van der Waals surface area contributed by atoms with E-state index in [0.717, 1.165) is 25.0 Å². The molecule has 0 saturated heterocycles. The Balaban J connectivity index is 2.36. The molecular formula is C17H26N4O2. The van der Waals surface area contributed by atoms with E-state index in [9.17, 15) is 4.79 Å². The number of nitrogens with one attached hydrogen (secondary N) is 1. The molecule has 6 nitrogen and oxygen atoms in total. The number of rotatable bonds is 7. The van der Waals surface area contributed by atoms with E-state index in [0.29, 0.717) is 28.9 Å². The molecule has 1 atom stereocenters. The third-order valence-corrected chi connectivity index (χ3v) is 4.00. The number of fused-ring (bicyclic) bond motifs is 1. The van der Waals surface area contributed by atoms with E-state index in [2.05, 4.69) is 22.4 Å². The second-order valence-electron chi connectivity index (χ2n) is 6.25. The van der Waals surface area contributed by atoms with Crippen molar-refractivity contribution in [2.24, 2.45) is 5.73 Å². The Morgan fingerprint density at radius 2 is 2.17 bits per heavy atom. The summed E-state index contributed by atoms with van der Waals surface area (Å²) in [6.45, 7) is 8.43. The highest BCUT2D eigenvalue weighted by Crippen LogP contribution is 2.25. The molecule has 2 heterocycles. The van der Waals surface area contributed by atoms with Crippen LogP contribution < -0.4 is 11.1 Å². The molecule has 1 amide bonds. The van der Waals surface area contributed by atoms with E-state index >= 15 is 0 Å². The molecule has 2 aromatic rings. The van der Waals surface area contributed by atoms with Gasteiger partial charge in [0.1, 0.15) is 0 Å². The van der Waals surface area contributed by atoms with Gasteiger partial charge in [0, 0.05) is 18.3 Å². The first-order chi connectivity index (χ1) is 11.0. The van der Waals surface area contributed by atoms with Crippen LogP contribution in [-0.2, 0) is 0 Å². The average molecular weight is 318 g/mol. The van der Waals surface area contributed by atoms with Gasteiger partial charge < -0.3 is 15.6 Å². The van der Waals surface area contributed by atoms with Gasteiger partial charge in [-0.15, -0.1) is 0 Å². The van der Waals surface area contributed by atoms with Gasteiger partial charge in [-0.1, -0.05) is 38.8 Å². The second-order valence-corrected chi connectivity index (χ2v) is 6.25. The minimum atomic E-state index is -0.142. The number of amides is 1. The number of carbonyl (C=O) groups is 1. The average Bonchev–Trinajstić information content (AvgIpc) is 2.91. The molecule has 0 radical (unpaired) electrons.